The molecule has 0 saturated carbocycles. The minimum Gasteiger partial charge on any atom is -0.494 e. The van der Waals surface area contributed by atoms with Crippen molar-refractivity contribution in [2.75, 3.05) is 6.61 Å². The predicted octanol–water partition coefficient (Wildman–Crippen LogP) is 3.16. The monoisotopic (exact) mass is 294 g/mol. The lowest BCUT2D eigenvalue weighted by molar-refractivity contribution is 0.00578. The highest BCUT2D eigenvalue weighted by Crippen LogP contribution is 2.37. The number of rotatable bonds is 4. The number of benzene rings is 1. The van der Waals surface area contributed by atoms with Crippen molar-refractivity contribution in [2.24, 2.45) is 5.92 Å². The van der Waals surface area contributed by atoms with E-state index in [9.17, 15) is 4.39 Å². The minimum absolute atomic E-state index is 0.323. The second-order valence-electron chi connectivity index (χ2n) is 6.98. The molecule has 1 aromatic carbocycles. The smallest absolute Gasteiger partial charge is 0.494 e. The van der Waals surface area contributed by atoms with Crippen molar-refractivity contribution < 1.29 is 18.4 Å². The van der Waals surface area contributed by atoms with Crippen LogP contribution >= 0.6 is 0 Å². The largest absolute Gasteiger partial charge is 0.498 e. The molecule has 0 aromatic heterocycles. The van der Waals surface area contributed by atoms with Gasteiger partial charge in [-0.15, -0.1) is 0 Å². The van der Waals surface area contributed by atoms with E-state index in [1.165, 1.54) is 12.1 Å². The van der Waals surface area contributed by atoms with E-state index < -0.39 is 18.3 Å². The van der Waals surface area contributed by atoms with Crippen molar-refractivity contribution in [2.45, 2.75) is 52.7 Å². The second kappa shape index (κ2) is 5.62. The topological polar surface area (TPSA) is 27.7 Å². The highest BCUT2D eigenvalue weighted by molar-refractivity contribution is 6.63. The van der Waals surface area contributed by atoms with Crippen LogP contribution in [0, 0.1) is 11.7 Å². The van der Waals surface area contributed by atoms with Crippen molar-refractivity contribution in [3.8, 4) is 5.75 Å². The molecule has 116 valence electrons. The van der Waals surface area contributed by atoms with Crippen LogP contribution in [0.2, 0.25) is 0 Å². The van der Waals surface area contributed by atoms with E-state index in [1.54, 1.807) is 6.07 Å². The predicted molar refractivity (Wildman–Crippen MR) is 82.4 cm³/mol. The molecular formula is C16H24BFO3. The highest BCUT2D eigenvalue weighted by Gasteiger charge is 2.52. The molecule has 0 bridgehead atoms. The zero-order valence-corrected chi connectivity index (χ0v) is 13.7. The van der Waals surface area contributed by atoms with Crippen molar-refractivity contribution in [1.29, 1.82) is 0 Å². The summed E-state index contributed by atoms with van der Waals surface area (Å²) in [5.74, 6) is 0.682. The molecule has 0 unspecified atom stereocenters. The summed E-state index contributed by atoms with van der Waals surface area (Å²) in [6, 6.07) is 4.46. The molecule has 3 nitrogen and oxygen atoms in total. The van der Waals surface area contributed by atoms with Gasteiger partial charge in [0, 0.05) is 5.46 Å². The molecule has 1 saturated heterocycles. The molecule has 21 heavy (non-hydrogen) atoms. The molecule has 1 aromatic rings. The number of halogens is 1. The van der Waals surface area contributed by atoms with Crippen molar-refractivity contribution in [3.05, 3.63) is 24.0 Å². The van der Waals surface area contributed by atoms with Crippen LogP contribution in [-0.4, -0.2) is 24.9 Å². The molecule has 5 heteroatoms. The molecule has 0 atom stereocenters. The third-order valence-electron chi connectivity index (χ3n) is 4.05. The summed E-state index contributed by atoms with van der Waals surface area (Å²) < 4.78 is 31.4. The lowest BCUT2D eigenvalue weighted by Crippen LogP contribution is -2.41. The number of hydrogen-bond donors (Lipinski definition) is 0. The zero-order chi connectivity index (χ0) is 15.8. The van der Waals surface area contributed by atoms with Crippen LogP contribution in [-0.2, 0) is 9.31 Å². The van der Waals surface area contributed by atoms with E-state index in [2.05, 4.69) is 13.8 Å². The van der Waals surface area contributed by atoms with Crippen LogP contribution in [0.4, 0.5) is 4.39 Å². The van der Waals surface area contributed by atoms with E-state index in [0.717, 1.165) is 0 Å². The average molecular weight is 294 g/mol. The van der Waals surface area contributed by atoms with Gasteiger partial charge in [0.1, 0.15) is 11.6 Å². The van der Waals surface area contributed by atoms with Crippen LogP contribution in [0.3, 0.4) is 0 Å². The second-order valence-corrected chi connectivity index (χ2v) is 6.98. The quantitative estimate of drug-likeness (QED) is 0.798. The Morgan fingerprint density at radius 3 is 2.24 bits per heavy atom. The third kappa shape index (κ3) is 3.41. The first-order valence-electron chi connectivity index (χ1n) is 7.40. The maximum atomic E-state index is 13.6. The molecule has 1 aliphatic heterocycles. The summed E-state index contributed by atoms with van der Waals surface area (Å²) in [4.78, 5) is 0. The maximum absolute atomic E-state index is 13.6. The fourth-order valence-electron chi connectivity index (χ4n) is 2.06. The zero-order valence-electron chi connectivity index (χ0n) is 13.7. The van der Waals surface area contributed by atoms with Gasteiger partial charge in [-0.3, -0.25) is 0 Å². The van der Waals surface area contributed by atoms with E-state index in [-0.39, 0.29) is 5.82 Å². The molecule has 0 spiro atoms. The van der Waals surface area contributed by atoms with Gasteiger partial charge < -0.3 is 14.0 Å². The van der Waals surface area contributed by atoms with Crippen molar-refractivity contribution in [3.63, 3.8) is 0 Å². The first-order chi connectivity index (χ1) is 9.62. The van der Waals surface area contributed by atoms with Crippen LogP contribution < -0.4 is 10.2 Å². The maximum Gasteiger partial charge on any atom is 0.498 e. The average Bonchev–Trinajstić information content (AvgIpc) is 2.56. The number of ether oxygens (including phenoxy) is 1. The fraction of sp³-hybridized carbons (Fsp3) is 0.625. The Labute approximate surface area is 126 Å². The highest BCUT2D eigenvalue weighted by atomic mass is 19.1. The van der Waals surface area contributed by atoms with E-state index >= 15 is 0 Å². The molecule has 1 aliphatic rings. The fourth-order valence-corrected chi connectivity index (χ4v) is 2.06. The normalized spacial score (nSPS) is 20.1. The summed E-state index contributed by atoms with van der Waals surface area (Å²) in [5.41, 5.74) is -0.312. The minimum atomic E-state index is -0.618. The molecule has 0 radical (unpaired) electrons. The van der Waals surface area contributed by atoms with E-state index in [1.807, 2.05) is 27.7 Å². The van der Waals surface area contributed by atoms with Gasteiger partial charge in [-0.05, 0) is 51.8 Å². The Balaban J connectivity index is 2.29. The SMILES string of the molecule is CC(C)COc1ccc(F)cc1B1OC(C)(C)C(C)(C)O1. The Morgan fingerprint density at radius 2 is 1.71 bits per heavy atom. The van der Waals surface area contributed by atoms with E-state index in [0.29, 0.717) is 23.7 Å². The van der Waals surface area contributed by atoms with Crippen LogP contribution in [0.5, 0.6) is 5.75 Å². The lowest BCUT2D eigenvalue weighted by atomic mass is 9.78. The molecule has 1 heterocycles. The summed E-state index contributed by atoms with van der Waals surface area (Å²) >= 11 is 0. The molecule has 2 rings (SSSR count). The third-order valence-corrected chi connectivity index (χ3v) is 4.05. The van der Waals surface area contributed by atoms with E-state index in [4.69, 9.17) is 14.0 Å². The lowest BCUT2D eigenvalue weighted by Gasteiger charge is -2.32. The Kier molecular flexibility index (Phi) is 4.36. The molecule has 0 aliphatic carbocycles. The van der Waals surface area contributed by atoms with Crippen LogP contribution in [0.1, 0.15) is 41.5 Å². The first kappa shape index (κ1) is 16.3. The van der Waals surface area contributed by atoms with Gasteiger partial charge in [-0.1, -0.05) is 13.8 Å². The summed E-state index contributed by atoms with van der Waals surface area (Å²) in [5, 5.41) is 0. The Morgan fingerprint density at radius 1 is 1.14 bits per heavy atom. The molecule has 0 N–H and O–H groups in total. The Bertz CT molecular complexity index is 498. The van der Waals surface area contributed by atoms with Gasteiger partial charge in [-0.25, -0.2) is 4.39 Å². The summed E-state index contributed by atoms with van der Waals surface area (Å²) in [6.45, 7) is 12.6. The van der Waals surface area contributed by atoms with Gasteiger partial charge in [0.05, 0.1) is 17.8 Å². The number of hydrogen-bond acceptors (Lipinski definition) is 3. The van der Waals surface area contributed by atoms with Gasteiger partial charge in [-0.2, -0.15) is 0 Å². The molecule has 1 fully saturated rings. The Hall–Kier alpha value is -1.07. The van der Waals surface area contributed by atoms with Crippen LogP contribution in [0.25, 0.3) is 0 Å². The van der Waals surface area contributed by atoms with Gasteiger partial charge in [0.2, 0.25) is 0 Å². The van der Waals surface area contributed by atoms with Crippen LogP contribution in [0.15, 0.2) is 18.2 Å². The van der Waals surface area contributed by atoms with Gasteiger partial charge >= 0.3 is 7.12 Å². The van der Waals surface area contributed by atoms with Crippen molar-refractivity contribution >= 4 is 12.6 Å². The first-order valence-corrected chi connectivity index (χ1v) is 7.40. The molecular weight excluding hydrogens is 270 g/mol. The molecule has 0 amide bonds. The van der Waals surface area contributed by atoms with Crippen molar-refractivity contribution in [1.82, 2.24) is 0 Å². The van der Waals surface area contributed by atoms with Gasteiger partial charge in [0.25, 0.3) is 0 Å². The standard InChI is InChI=1S/C16H24BFO3/c1-11(2)10-19-14-8-7-12(18)9-13(14)17-20-15(3,4)16(5,6)21-17/h7-9,11H,10H2,1-6H3. The van der Waals surface area contributed by atoms with Gasteiger partial charge in [0.15, 0.2) is 0 Å². The summed E-state index contributed by atoms with van der Waals surface area (Å²) in [7, 11) is -0.618. The summed E-state index contributed by atoms with van der Waals surface area (Å²) in [6.07, 6.45) is 0.